The maximum Gasteiger partial charge on any atom is 0.320 e. The standard InChI is InChI=1S/C15H22BrNO3/c1-11(17(2)10-13(16)15(18)20-4)9-12-7-5-6-8-14(12)19-3/h5-8,11,13H,9-10H2,1-4H3. The van der Waals surface area contributed by atoms with Gasteiger partial charge in [-0.15, -0.1) is 0 Å². The minimum absolute atomic E-state index is 0.249. The lowest BCUT2D eigenvalue weighted by Crippen LogP contribution is -2.38. The Labute approximate surface area is 129 Å². The number of nitrogens with zero attached hydrogens (tertiary/aromatic N) is 1. The van der Waals surface area contributed by atoms with Crippen molar-refractivity contribution >= 4 is 21.9 Å². The highest BCUT2D eigenvalue weighted by Crippen LogP contribution is 2.20. The van der Waals surface area contributed by atoms with E-state index in [-0.39, 0.29) is 16.8 Å². The Morgan fingerprint density at radius 1 is 1.35 bits per heavy atom. The number of benzene rings is 1. The lowest BCUT2D eigenvalue weighted by molar-refractivity contribution is -0.140. The Kier molecular flexibility index (Phi) is 7.02. The number of esters is 1. The number of carbonyl (C=O) groups is 1. The molecule has 0 N–H and O–H groups in total. The molecule has 112 valence electrons. The number of rotatable bonds is 7. The second-order valence-electron chi connectivity index (χ2n) is 4.80. The van der Waals surface area contributed by atoms with Gasteiger partial charge >= 0.3 is 5.97 Å². The van der Waals surface area contributed by atoms with E-state index < -0.39 is 0 Å². The quantitative estimate of drug-likeness (QED) is 0.563. The van der Waals surface area contributed by atoms with Gasteiger partial charge in [0.05, 0.1) is 14.2 Å². The molecule has 0 aliphatic rings. The molecule has 1 aromatic carbocycles. The van der Waals surface area contributed by atoms with Crippen LogP contribution in [0.25, 0.3) is 0 Å². The van der Waals surface area contributed by atoms with Crippen LogP contribution in [0.3, 0.4) is 0 Å². The molecule has 1 aromatic rings. The van der Waals surface area contributed by atoms with Crippen LogP contribution in [0, 0.1) is 0 Å². The minimum atomic E-state index is -0.308. The van der Waals surface area contributed by atoms with Crippen molar-refractivity contribution in [3.63, 3.8) is 0 Å². The number of carbonyl (C=O) groups excluding carboxylic acids is 1. The van der Waals surface area contributed by atoms with Crippen LogP contribution in [0.4, 0.5) is 0 Å². The number of methoxy groups -OCH3 is 2. The van der Waals surface area contributed by atoms with Gasteiger partial charge in [-0.2, -0.15) is 0 Å². The van der Waals surface area contributed by atoms with Gasteiger partial charge in [0.2, 0.25) is 0 Å². The number of likely N-dealkylation sites (N-methyl/N-ethyl adjacent to an activating group) is 1. The molecule has 1 rings (SSSR count). The van der Waals surface area contributed by atoms with Crippen molar-refractivity contribution in [2.24, 2.45) is 0 Å². The van der Waals surface area contributed by atoms with Crippen LogP contribution in [0.15, 0.2) is 24.3 Å². The van der Waals surface area contributed by atoms with Crippen molar-refractivity contribution in [3.8, 4) is 5.75 Å². The molecule has 0 saturated heterocycles. The summed E-state index contributed by atoms with van der Waals surface area (Å²) in [6.07, 6.45) is 0.863. The Balaban J connectivity index is 2.61. The van der Waals surface area contributed by atoms with Crippen LogP contribution in [-0.2, 0) is 16.0 Å². The van der Waals surface area contributed by atoms with Gasteiger partial charge in [-0.1, -0.05) is 34.1 Å². The van der Waals surface area contributed by atoms with E-state index in [1.807, 2.05) is 25.2 Å². The largest absolute Gasteiger partial charge is 0.496 e. The van der Waals surface area contributed by atoms with E-state index in [1.54, 1.807) is 7.11 Å². The zero-order valence-electron chi connectivity index (χ0n) is 12.4. The predicted molar refractivity (Wildman–Crippen MR) is 83.5 cm³/mol. The summed E-state index contributed by atoms with van der Waals surface area (Å²) in [5.74, 6) is 0.650. The Morgan fingerprint density at radius 3 is 2.60 bits per heavy atom. The van der Waals surface area contributed by atoms with Gasteiger partial charge in [0.15, 0.2) is 0 Å². The van der Waals surface area contributed by atoms with E-state index in [1.165, 1.54) is 12.7 Å². The maximum atomic E-state index is 11.4. The van der Waals surface area contributed by atoms with Crippen LogP contribution < -0.4 is 4.74 Å². The van der Waals surface area contributed by atoms with Gasteiger partial charge in [0.25, 0.3) is 0 Å². The number of hydrogen-bond acceptors (Lipinski definition) is 4. The molecule has 4 nitrogen and oxygen atoms in total. The van der Waals surface area contributed by atoms with E-state index in [9.17, 15) is 4.79 Å². The van der Waals surface area contributed by atoms with Crippen LogP contribution in [0.1, 0.15) is 12.5 Å². The molecule has 0 spiro atoms. The second kappa shape index (κ2) is 8.27. The fraction of sp³-hybridized carbons (Fsp3) is 0.533. The first-order valence-electron chi connectivity index (χ1n) is 6.53. The third-order valence-electron chi connectivity index (χ3n) is 3.37. The van der Waals surface area contributed by atoms with Gasteiger partial charge in [-0.3, -0.25) is 4.79 Å². The lowest BCUT2D eigenvalue weighted by atomic mass is 10.1. The number of hydrogen-bond donors (Lipinski definition) is 0. The van der Waals surface area contributed by atoms with Crippen LogP contribution in [0.5, 0.6) is 5.75 Å². The molecule has 0 amide bonds. The minimum Gasteiger partial charge on any atom is -0.496 e. The Hall–Kier alpha value is -1.07. The molecule has 0 aromatic heterocycles. The Morgan fingerprint density at radius 2 is 2.00 bits per heavy atom. The smallest absolute Gasteiger partial charge is 0.320 e. The highest BCUT2D eigenvalue weighted by Gasteiger charge is 2.20. The highest BCUT2D eigenvalue weighted by molar-refractivity contribution is 9.10. The normalized spacial score (nSPS) is 13.9. The molecule has 0 heterocycles. The first-order valence-corrected chi connectivity index (χ1v) is 7.45. The van der Waals surface area contributed by atoms with Gasteiger partial charge in [0.1, 0.15) is 10.6 Å². The summed E-state index contributed by atoms with van der Waals surface area (Å²) >= 11 is 3.35. The molecule has 2 unspecified atom stereocenters. The average Bonchev–Trinajstić information content (AvgIpc) is 2.46. The number of ether oxygens (including phenoxy) is 2. The van der Waals surface area contributed by atoms with Crippen molar-refractivity contribution in [2.75, 3.05) is 27.8 Å². The van der Waals surface area contributed by atoms with Gasteiger partial charge in [-0.25, -0.2) is 0 Å². The van der Waals surface area contributed by atoms with E-state index in [4.69, 9.17) is 9.47 Å². The van der Waals surface area contributed by atoms with E-state index >= 15 is 0 Å². The van der Waals surface area contributed by atoms with Crippen molar-refractivity contribution in [2.45, 2.75) is 24.2 Å². The predicted octanol–water partition coefficient (Wildman–Crippen LogP) is 2.49. The van der Waals surface area contributed by atoms with Crippen LogP contribution in [0.2, 0.25) is 0 Å². The lowest BCUT2D eigenvalue weighted by Gasteiger charge is -2.26. The molecule has 0 bridgehead atoms. The number of alkyl halides is 1. The van der Waals surface area contributed by atoms with Crippen molar-refractivity contribution in [1.29, 1.82) is 0 Å². The van der Waals surface area contributed by atoms with Crippen molar-refractivity contribution in [3.05, 3.63) is 29.8 Å². The summed E-state index contributed by atoms with van der Waals surface area (Å²) in [5, 5.41) is 0. The van der Waals surface area contributed by atoms with E-state index in [0.717, 1.165) is 12.2 Å². The molecule has 0 fully saturated rings. The van der Waals surface area contributed by atoms with E-state index in [0.29, 0.717) is 6.54 Å². The van der Waals surface area contributed by atoms with E-state index in [2.05, 4.69) is 33.8 Å². The van der Waals surface area contributed by atoms with Gasteiger partial charge < -0.3 is 14.4 Å². The summed E-state index contributed by atoms with van der Waals surface area (Å²) in [6.45, 7) is 2.73. The van der Waals surface area contributed by atoms with Crippen LogP contribution in [-0.4, -0.2) is 49.6 Å². The van der Waals surface area contributed by atoms with Crippen molar-refractivity contribution < 1.29 is 14.3 Å². The molecule has 0 aliphatic heterocycles. The number of halogens is 1. The third kappa shape index (κ3) is 4.80. The number of para-hydroxylation sites is 1. The molecular weight excluding hydrogens is 322 g/mol. The molecule has 5 heteroatoms. The van der Waals surface area contributed by atoms with Crippen LogP contribution >= 0.6 is 15.9 Å². The van der Waals surface area contributed by atoms with Gasteiger partial charge in [-0.05, 0) is 32.0 Å². The molecule has 0 radical (unpaired) electrons. The molecule has 0 aliphatic carbocycles. The maximum absolute atomic E-state index is 11.4. The second-order valence-corrected chi connectivity index (χ2v) is 5.90. The summed E-state index contributed by atoms with van der Waals surface area (Å²) in [5.41, 5.74) is 1.17. The fourth-order valence-corrected chi connectivity index (χ4v) is 2.62. The summed E-state index contributed by atoms with van der Waals surface area (Å²) < 4.78 is 10.1. The Bertz CT molecular complexity index is 439. The fourth-order valence-electron chi connectivity index (χ4n) is 1.98. The SMILES string of the molecule is COC(=O)C(Br)CN(C)C(C)Cc1ccccc1OC. The van der Waals surface area contributed by atoms with Crippen molar-refractivity contribution in [1.82, 2.24) is 4.90 Å². The zero-order valence-corrected chi connectivity index (χ0v) is 14.0. The average molecular weight is 344 g/mol. The molecule has 20 heavy (non-hydrogen) atoms. The first kappa shape index (κ1) is 17.0. The van der Waals surface area contributed by atoms with Gasteiger partial charge in [0, 0.05) is 12.6 Å². The summed E-state index contributed by atoms with van der Waals surface area (Å²) in [4.78, 5) is 13.2. The summed E-state index contributed by atoms with van der Waals surface area (Å²) in [6, 6.07) is 8.28. The molecule has 2 atom stereocenters. The monoisotopic (exact) mass is 343 g/mol. The topological polar surface area (TPSA) is 38.8 Å². The third-order valence-corrected chi connectivity index (χ3v) is 4.03. The highest BCUT2D eigenvalue weighted by atomic mass is 79.9. The molecular formula is C15H22BrNO3. The summed E-state index contributed by atoms with van der Waals surface area (Å²) in [7, 11) is 5.07. The zero-order chi connectivity index (χ0) is 15.1. The first-order chi connectivity index (χ1) is 9.49. The molecule has 0 saturated carbocycles.